The van der Waals surface area contributed by atoms with Gasteiger partial charge >= 0.3 is 0 Å². The van der Waals surface area contributed by atoms with Gasteiger partial charge in [0.05, 0.1) is 36.4 Å². The van der Waals surface area contributed by atoms with Gasteiger partial charge in [-0.1, -0.05) is 12.1 Å². The smallest absolute Gasteiger partial charge is 0.253 e. The van der Waals surface area contributed by atoms with Crippen LogP contribution in [0.15, 0.2) is 18.2 Å². The molecule has 0 saturated carbocycles. The summed E-state index contributed by atoms with van der Waals surface area (Å²) in [5, 5.41) is 4.34. The lowest BCUT2D eigenvalue weighted by Gasteiger charge is -2.28. The molecule has 2 N–H and O–H groups in total. The Labute approximate surface area is 142 Å². The van der Waals surface area contributed by atoms with Crippen molar-refractivity contribution in [1.29, 1.82) is 0 Å². The monoisotopic (exact) mass is 327 g/mol. The Morgan fingerprint density at radius 3 is 2.83 bits per heavy atom. The number of nitrogens with zero attached hydrogens (tertiary/aromatic N) is 1. The highest BCUT2D eigenvalue weighted by Gasteiger charge is 2.35. The summed E-state index contributed by atoms with van der Waals surface area (Å²) < 4.78 is 5.67. The van der Waals surface area contributed by atoms with Crippen molar-refractivity contribution in [2.24, 2.45) is 0 Å². The average Bonchev–Trinajstić information content (AvgIpc) is 3.29. The van der Waals surface area contributed by atoms with Gasteiger partial charge in [-0.3, -0.25) is 9.69 Å². The number of aryl methyl sites for hydroxylation is 2. The number of likely N-dealkylation sites (tertiary alicyclic amines) is 1. The number of benzene rings is 1. The van der Waals surface area contributed by atoms with Crippen molar-refractivity contribution >= 4 is 16.8 Å². The predicted molar refractivity (Wildman–Crippen MR) is 94.4 cm³/mol. The molecule has 2 aromatic rings. The maximum atomic E-state index is 12.9. The van der Waals surface area contributed by atoms with Crippen LogP contribution < -0.4 is 5.32 Å². The van der Waals surface area contributed by atoms with E-state index in [0.717, 1.165) is 41.9 Å². The van der Waals surface area contributed by atoms with Gasteiger partial charge in [-0.25, -0.2) is 0 Å². The molecule has 1 amide bonds. The molecule has 2 saturated heterocycles. The van der Waals surface area contributed by atoms with E-state index in [-0.39, 0.29) is 11.9 Å². The normalized spacial score (nSPS) is 24.8. The van der Waals surface area contributed by atoms with E-state index >= 15 is 0 Å². The summed E-state index contributed by atoms with van der Waals surface area (Å²) in [6, 6.07) is 6.30. The molecule has 128 valence electrons. The van der Waals surface area contributed by atoms with Crippen molar-refractivity contribution < 1.29 is 9.53 Å². The number of aromatic amines is 1. The summed E-state index contributed by atoms with van der Waals surface area (Å²) in [5.41, 5.74) is 3.97. The van der Waals surface area contributed by atoms with Crippen LogP contribution in [0.1, 0.15) is 34.5 Å². The third-order valence-corrected chi connectivity index (χ3v) is 5.56. The zero-order valence-corrected chi connectivity index (χ0v) is 14.4. The van der Waals surface area contributed by atoms with Gasteiger partial charge in [0.1, 0.15) is 0 Å². The first-order valence-electron chi connectivity index (χ1n) is 8.85. The Morgan fingerprint density at radius 1 is 1.25 bits per heavy atom. The molecule has 0 unspecified atom stereocenters. The second kappa shape index (κ2) is 6.22. The molecule has 4 rings (SSSR count). The Morgan fingerprint density at radius 2 is 2.04 bits per heavy atom. The number of hydrogen-bond acceptors (Lipinski definition) is 3. The van der Waals surface area contributed by atoms with Crippen LogP contribution in [-0.2, 0) is 4.74 Å². The van der Waals surface area contributed by atoms with Crippen molar-refractivity contribution in [3.05, 3.63) is 35.0 Å². The first-order chi connectivity index (χ1) is 11.6. The molecular weight excluding hydrogens is 302 g/mol. The number of para-hydroxylation sites is 1. The molecule has 3 heterocycles. The van der Waals surface area contributed by atoms with Crippen LogP contribution in [0.25, 0.3) is 10.9 Å². The van der Waals surface area contributed by atoms with Crippen LogP contribution >= 0.6 is 0 Å². The summed E-state index contributed by atoms with van der Waals surface area (Å²) in [5.74, 6) is -0.0125. The number of rotatable bonds is 3. The summed E-state index contributed by atoms with van der Waals surface area (Å²) >= 11 is 0. The van der Waals surface area contributed by atoms with E-state index in [0.29, 0.717) is 12.6 Å². The fourth-order valence-electron chi connectivity index (χ4n) is 4.03. The maximum Gasteiger partial charge on any atom is 0.253 e. The van der Waals surface area contributed by atoms with Crippen LogP contribution in [0.3, 0.4) is 0 Å². The van der Waals surface area contributed by atoms with Crippen LogP contribution in [0, 0.1) is 13.8 Å². The quantitative estimate of drug-likeness (QED) is 0.910. The number of nitrogens with one attached hydrogen (secondary N) is 2. The van der Waals surface area contributed by atoms with Gasteiger partial charge in [-0.05, 0) is 51.4 Å². The largest absolute Gasteiger partial charge is 0.378 e. The predicted octanol–water partition coefficient (Wildman–Crippen LogP) is 2.38. The van der Waals surface area contributed by atoms with E-state index in [2.05, 4.69) is 28.2 Å². The van der Waals surface area contributed by atoms with Crippen LogP contribution in [-0.4, -0.2) is 54.2 Å². The van der Waals surface area contributed by atoms with E-state index in [1.54, 1.807) is 0 Å². The molecule has 5 nitrogen and oxygen atoms in total. The molecule has 0 spiro atoms. The first-order valence-corrected chi connectivity index (χ1v) is 8.85. The Bertz CT molecular complexity index is 761. The molecule has 2 atom stereocenters. The Hall–Kier alpha value is -1.85. The van der Waals surface area contributed by atoms with Gasteiger partial charge in [-0.2, -0.15) is 0 Å². The molecule has 2 fully saturated rings. The number of amides is 1. The third-order valence-electron chi connectivity index (χ3n) is 5.56. The lowest BCUT2D eigenvalue weighted by Crippen LogP contribution is -2.50. The van der Waals surface area contributed by atoms with Gasteiger partial charge in [0.25, 0.3) is 5.91 Å². The number of carbonyl (C=O) groups is 1. The first kappa shape index (κ1) is 15.7. The summed E-state index contributed by atoms with van der Waals surface area (Å²) in [4.78, 5) is 18.7. The van der Waals surface area contributed by atoms with E-state index in [1.165, 1.54) is 18.4 Å². The highest BCUT2D eigenvalue weighted by atomic mass is 16.5. The van der Waals surface area contributed by atoms with Crippen LogP contribution in [0.5, 0.6) is 0 Å². The average molecular weight is 327 g/mol. The molecule has 24 heavy (non-hydrogen) atoms. The topological polar surface area (TPSA) is 57.4 Å². The van der Waals surface area contributed by atoms with Crippen molar-refractivity contribution in [3.63, 3.8) is 0 Å². The lowest BCUT2D eigenvalue weighted by atomic mass is 10.1. The molecule has 1 aromatic carbocycles. The molecule has 0 bridgehead atoms. The van der Waals surface area contributed by atoms with E-state index in [9.17, 15) is 4.79 Å². The number of hydrogen-bond donors (Lipinski definition) is 2. The molecule has 2 aliphatic rings. The standard InChI is InChI=1S/C19H25N3O2/c1-12-13(2)20-18-14(12)6-5-7-15(18)19(23)21-16-10-24-11-17(16)22-8-3-4-9-22/h5-7,16-17,20H,3-4,8-11H2,1-2H3,(H,21,23)/t16-,17-/m1/s1. The summed E-state index contributed by atoms with van der Waals surface area (Å²) in [6.45, 7) is 7.69. The zero-order chi connectivity index (χ0) is 16.7. The molecule has 0 aliphatic carbocycles. The Kier molecular flexibility index (Phi) is 4.06. The fourth-order valence-corrected chi connectivity index (χ4v) is 4.03. The second-order valence-electron chi connectivity index (χ2n) is 7.03. The van der Waals surface area contributed by atoms with Gasteiger partial charge < -0.3 is 15.0 Å². The van der Waals surface area contributed by atoms with Crippen molar-refractivity contribution in [1.82, 2.24) is 15.2 Å². The minimum absolute atomic E-state index is 0.0125. The zero-order valence-electron chi connectivity index (χ0n) is 14.4. The van der Waals surface area contributed by atoms with E-state index in [1.807, 2.05) is 19.1 Å². The van der Waals surface area contributed by atoms with E-state index < -0.39 is 0 Å². The van der Waals surface area contributed by atoms with Crippen molar-refractivity contribution in [2.75, 3.05) is 26.3 Å². The minimum atomic E-state index is -0.0125. The molecular formula is C19H25N3O2. The summed E-state index contributed by atoms with van der Waals surface area (Å²) in [7, 11) is 0. The van der Waals surface area contributed by atoms with Crippen molar-refractivity contribution in [2.45, 2.75) is 38.8 Å². The molecule has 0 radical (unpaired) electrons. The Balaban J connectivity index is 1.57. The molecule has 2 aliphatic heterocycles. The number of aromatic nitrogens is 1. The molecule has 5 heteroatoms. The fraction of sp³-hybridized carbons (Fsp3) is 0.526. The van der Waals surface area contributed by atoms with E-state index in [4.69, 9.17) is 4.74 Å². The third kappa shape index (κ3) is 2.62. The van der Waals surface area contributed by atoms with Gasteiger partial charge in [-0.15, -0.1) is 0 Å². The summed E-state index contributed by atoms with van der Waals surface area (Å²) in [6.07, 6.45) is 2.50. The van der Waals surface area contributed by atoms with Crippen molar-refractivity contribution in [3.8, 4) is 0 Å². The van der Waals surface area contributed by atoms with Crippen LogP contribution in [0.4, 0.5) is 0 Å². The second-order valence-corrected chi connectivity index (χ2v) is 7.03. The van der Waals surface area contributed by atoms with Crippen LogP contribution in [0.2, 0.25) is 0 Å². The number of H-pyrrole nitrogens is 1. The highest BCUT2D eigenvalue weighted by Crippen LogP contribution is 2.25. The van der Waals surface area contributed by atoms with Gasteiger partial charge in [0.2, 0.25) is 0 Å². The number of fused-ring (bicyclic) bond motifs is 1. The number of ether oxygens (including phenoxy) is 1. The minimum Gasteiger partial charge on any atom is -0.378 e. The molecule has 1 aromatic heterocycles. The number of carbonyl (C=O) groups excluding carboxylic acids is 1. The van der Waals surface area contributed by atoms with Gasteiger partial charge in [0.15, 0.2) is 0 Å². The lowest BCUT2D eigenvalue weighted by molar-refractivity contribution is 0.0918. The SMILES string of the molecule is Cc1[nH]c2c(C(=O)N[C@@H]3COC[C@H]3N3CCCC3)cccc2c1C. The van der Waals surface area contributed by atoms with Gasteiger partial charge in [0, 0.05) is 11.1 Å². The highest BCUT2D eigenvalue weighted by molar-refractivity contribution is 6.06. The maximum absolute atomic E-state index is 12.9.